The van der Waals surface area contributed by atoms with Gasteiger partial charge in [0.05, 0.1) is 5.56 Å². The Bertz CT molecular complexity index is 784. The van der Waals surface area contributed by atoms with Crippen molar-refractivity contribution in [3.05, 3.63) is 59.2 Å². The van der Waals surface area contributed by atoms with Crippen LogP contribution >= 0.6 is 0 Å². The molecule has 0 radical (unpaired) electrons. The quantitative estimate of drug-likeness (QED) is 0.630. The third kappa shape index (κ3) is 3.20. The smallest absolute Gasteiger partial charge is 0.252 e. The molecule has 0 aliphatic heterocycles. The lowest BCUT2D eigenvalue weighted by Gasteiger charge is -1.87. The molecule has 21 heavy (non-hydrogen) atoms. The third-order valence-corrected chi connectivity index (χ3v) is 3.08. The number of fused-ring (bicyclic) bond motifs is 1. The highest BCUT2D eigenvalue weighted by atomic mass is 16.3. The van der Waals surface area contributed by atoms with Crippen molar-refractivity contribution in [1.29, 1.82) is 5.41 Å². The van der Waals surface area contributed by atoms with Crippen LogP contribution in [-0.2, 0) is 0 Å². The van der Waals surface area contributed by atoms with E-state index < -0.39 is 5.91 Å². The number of benzene rings is 1. The van der Waals surface area contributed by atoms with E-state index >= 15 is 0 Å². The molecule has 5 nitrogen and oxygen atoms in total. The van der Waals surface area contributed by atoms with Crippen molar-refractivity contribution in [2.75, 3.05) is 0 Å². The molecule has 0 spiro atoms. The molecule has 0 saturated heterocycles. The van der Waals surface area contributed by atoms with E-state index in [-0.39, 0.29) is 0 Å². The van der Waals surface area contributed by atoms with Crippen LogP contribution in [0.4, 0.5) is 0 Å². The minimum absolute atomic E-state index is 0.436. The summed E-state index contributed by atoms with van der Waals surface area (Å²) in [5, 5.41) is 8.21. The molecule has 0 unspecified atom stereocenters. The van der Waals surface area contributed by atoms with E-state index in [1.165, 1.54) is 6.21 Å². The highest BCUT2D eigenvalue weighted by Gasteiger charge is 2.08. The lowest BCUT2D eigenvalue weighted by atomic mass is 10.2. The Morgan fingerprint density at radius 3 is 2.57 bits per heavy atom. The zero-order valence-electron chi connectivity index (χ0n) is 11.9. The molecule has 108 valence electrons. The Balaban J connectivity index is 0.000000155. The van der Waals surface area contributed by atoms with Crippen LogP contribution in [0.1, 0.15) is 27.4 Å². The van der Waals surface area contributed by atoms with Gasteiger partial charge < -0.3 is 20.5 Å². The topological polar surface area (TPSA) is 95.9 Å². The van der Waals surface area contributed by atoms with Crippen LogP contribution in [0.3, 0.4) is 0 Å². The minimum atomic E-state index is -0.436. The molecule has 0 aliphatic rings. The van der Waals surface area contributed by atoms with Gasteiger partial charge in [0.15, 0.2) is 0 Å². The predicted octanol–water partition coefficient (Wildman–Crippen LogP) is 3.16. The molecule has 1 aromatic carbocycles. The first-order valence-corrected chi connectivity index (χ1v) is 6.46. The van der Waals surface area contributed by atoms with E-state index in [9.17, 15) is 4.79 Å². The Hall–Kier alpha value is -2.82. The number of aromatic amines is 1. The third-order valence-electron chi connectivity index (χ3n) is 3.08. The lowest BCUT2D eigenvalue weighted by molar-refractivity contribution is 0.0999. The molecule has 0 fully saturated rings. The number of aryl methyl sites for hydroxylation is 2. The largest absolute Gasteiger partial charge is 0.466 e. The lowest BCUT2D eigenvalue weighted by Crippen LogP contribution is -2.10. The van der Waals surface area contributed by atoms with Crippen molar-refractivity contribution in [3.63, 3.8) is 0 Å². The fourth-order valence-electron chi connectivity index (χ4n) is 2.09. The molecule has 3 aromatic rings. The van der Waals surface area contributed by atoms with Crippen LogP contribution in [0.5, 0.6) is 0 Å². The monoisotopic (exact) mass is 283 g/mol. The molecule has 2 heterocycles. The predicted molar refractivity (Wildman–Crippen MR) is 82.9 cm³/mol. The number of para-hydroxylation sites is 1. The van der Waals surface area contributed by atoms with Crippen molar-refractivity contribution in [1.82, 2.24) is 4.98 Å². The van der Waals surface area contributed by atoms with E-state index in [4.69, 9.17) is 15.6 Å². The summed E-state index contributed by atoms with van der Waals surface area (Å²) in [7, 11) is 0. The van der Waals surface area contributed by atoms with Crippen LogP contribution in [0.2, 0.25) is 0 Å². The van der Waals surface area contributed by atoms with Gasteiger partial charge in [-0.15, -0.1) is 0 Å². The number of H-pyrrole nitrogens is 1. The molecule has 0 saturated carbocycles. The average molecular weight is 283 g/mol. The number of hydrogen-bond acceptors (Lipinski definition) is 3. The van der Waals surface area contributed by atoms with Crippen LogP contribution in [0.25, 0.3) is 10.9 Å². The number of rotatable bonds is 2. The number of carbonyl (C=O) groups excluding carboxylic acids is 1. The second kappa shape index (κ2) is 6.09. The maximum atomic E-state index is 10.6. The SMILES string of the molecule is Cc1cc(C(N)=O)c(C)o1.N=Cc1c[nH]c2ccccc12. The number of nitrogens with two attached hydrogens (primary N) is 1. The molecule has 0 bridgehead atoms. The van der Waals surface area contributed by atoms with Gasteiger partial charge in [-0.25, -0.2) is 0 Å². The van der Waals surface area contributed by atoms with E-state index in [2.05, 4.69) is 4.98 Å². The average Bonchev–Trinajstić information content (AvgIpc) is 3.02. The summed E-state index contributed by atoms with van der Waals surface area (Å²) >= 11 is 0. The molecule has 4 N–H and O–H groups in total. The van der Waals surface area contributed by atoms with E-state index in [0.29, 0.717) is 17.1 Å². The highest BCUT2D eigenvalue weighted by molar-refractivity contribution is 5.97. The Kier molecular flexibility index (Phi) is 4.23. The second-order valence-corrected chi connectivity index (χ2v) is 4.63. The zero-order chi connectivity index (χ0) is 15.4. The summed E-state index contributed by atoms with van der Waals surface area (Å²) in [4.78, 5) is 13.7. The molecule has 0 aliphatic carbocycles. The fourth-order valence-corrected chi connectivity index (χ4v) is 2.09. The van der Waals surface area contributed by atoms with Crippen molar-refractivity contribution < 1.29 is 9.21 Å². The van der Waals surface area contributed by atoms with Gasteiger partial charge in [0, 0.05) is 28.9 Å². The van der Waals surface area contributed by atoms with E-state index in [1.807, 2.05) is 30.5 Å². The van der Waals surface area contributed by atoms with Gasteiger partial charge in [0.1, 0.15) is 11.5 Å². The summed E-state index contributed by atoms with van der Waals surface area (Å²) in [6, 6.07) is 9.60. The molecule has 0 atom stereocenters. The summed E-state index contributed by atoms with van der Waals surface area (Å²) in [5.41, 5.74) is 7.53. The summed E-state index contributed by atoms with van der Waals surface area (Å²) in [5.74, 6) is 0.866. The zero-order valence-corrected chi connectivity index (χ0v) is 11.9. The first-order chi connectivity index (χ1) is 10.0. The van der Waals surface area contributed by atoms with Gasteiger partial charge in [-0.2, -0.15) is 0 Å². The number of carbonyl (C=O) groups is 1. The Morgan fingerprint density at radius 1 is 1.33 bits per heavy atom. The summed E-state index contributed by atoms with van der Waals surface area (Å²) in [6.45, 7) is 3.49. The van der Waals surface area contributed by atoms with Gasteiger partial charge in [0.2, 0.25) is 0 Å². The summed E-state index contributed by atoms with van der Waals surface area (Å²) < 4.78 is 5.07. The van der Waals surface area contributed by atoms with E-state index in [0.717, 1.165) is 16.5 Å². The number of hydrogen-bond donors (Lipinski definition) is 3. The van der Waals surface area contributed by atoms with Gasteiger partial charge in [-0.3, -0.25) is 4.79 Å². The Morgan fingerprint density at radius 2 is 2.05 bits per heavy atom. The van der Waals surface area contributed by atoms with Crippen molar-refractivity contribution >= 4 is 23.0 Å². The number of furan rings is 1. The van der Waals surface area contributed by atoms with Crippen LogP contribution in [-0.4, -0.2) is 17.1 Å². The van der Waals surface area contributed by atoms with Crippen LogP contribution in [0.15, 0.2) is 40.9 Å². The van der Waals surface area contributed by atoms with Gasteiger partial charge >= 0.3 is 0 Å². The maximum Gasteiger partial charge on any atom is 0.252 e. The second-order valence-electron chi connectivity index (χ2n) is 4.63. The molecule has 3 rings (SSSR count). The first kappa shape index (κ1) is 14.6. The number of amides is 1. The van der Waals surface area contributed by atoms with Crippen LogP contribution in [0, 0.1) is 19.3 Å². The Labute approximate surface area is 122 Å². The van der Waals surface area contributed by atoms with Crippen LogP contribution < -0.4 is 5.73 Å². The highest BCUT2D eigenvalue weighted by Crippen LogP contribution is 2.15. The molecular formula is C16H17N3O2. The minimum Gasteiger partial charge on any atom is -0.466 e. The molecule has 1 amide bonds. The first-order valence-electron chi connectivity index (χ1n) is 6.46. The molecule has 5 heteroatoms. The van der Waals surface area contributed by atoms with Crippen molar-refractivity contribution in [2.45, 2.75) is 13.8 Å². The normalized spacial score (nSPS) is 10.0. The maximum absolute atomic E-state index is 10.6. The van der Waals surface area contributed by atoms with Gasteiger partial charge in [0.25, 0.3) is 5.91 Å². The van der Waals surface area contributed by atoms with Crippen molar-refractivity contribution in [2.24, 2.45) is 5.73 Å². The summed E-state index contributed by atoms with van der Waals surface area (Å²) in [6.07, 6.45) is 3.20. The number of primary amides is 1. The van der Waals surface area contributed by atoms with Crippen molar-refractivity contribution in [3.8, 4) is 0 Å². The van der Waals surface area contributed by atoms with Gasteiger partial charge in [-0.1, -0.05) is 18.2 Å². The standard InChI is InChI=1S/C9H8N2.C7H9NO2/c10-5-7-6-11-9-4-2-1-3-8(7)9;1-4-3-6(7(8)9)5(2)10-4/h1-6,10-11H;3H,1-2H3,(H2,8,9). The van der Waals surface area contributed by atoms with E-state index in [1.54, 1.807) is 19.9 Å². The number of aromatic nitrogens is 1. The fraction of sp³-hybridized carbons (Fsp3) is 0.125. The molecular weight excluding hydrogens is 266 g/mol. The van der Waals surface area contributed by atoms with Gasteiger partial charge in [-0.05, 0) is 26.0 Å². The molecule has 2 aromatic heterocycles. The number of nitrogens with one attached hydrogen (secondary N) is 2.